The molecule has 1 aromatic rings. The van der Waals surface area contributed by atoms with E-state index in [9.17, 15) is 5.11 Å². The molecule has 0 radical (unpaired) electrons. The first kappa shape index (κ1) is 12.2. The Morgan fingerprint density at radius 2 is 1.73 bits per heavy atom. The van der Waals surface area contributed by atoms with Gasteiger partial charge in [-0.2, -0.15) is 0 Å². The van der Waals surface area contributed by atoms with Gasteiger partial charge >= 0.3 is 0 Å². The zero-order chi connectivity index (χ0) is 11.3. The lowest BCUT2D eigenvalue weighted by atomic mass is 9.97. The van der Waals surface area contributed by atoms with Gasteiger partial charge in [-0.25, -0.2) is 5.90 Å². The topological polar surface area (TPSA) is 55.5 Å². The molecule has 0 bridgehead atoms. The van der Waals surface area contributed by atoms with E-state index in [4.69, 9.17) is 5.90 Å². The van der Waals surface area contributed by atoms with Gasteiger partial charge in [-0.3, -0.25) is 0 Å². The second-order valence-corrected chi connectivity index (χ2v) is 4.43. The third-order valence-corrected chi connectivity index (χ3v) is 2.17. The lowest BCUT2D eigenvalue weighted by molar-refractivity contribution is 0.0810. The Morgan fingerprint density at radius 1 is 1.20 bits per heavy atom. The Bertz CT molecular complexity index is 287. The van der Waals surface area contributed by atoms with Crippen molar-refractivity contribution in [3.63, 3.8) is 0 Å². The summed E-state index contributed by atoms with van der Waals surface area (Å²) in [5.41, 5.74) is 1.68. The summed E-state index contributed by atoms with van der Waals surface area (Å²) in [5.74, 6) is 4.96. The van der Waals surface area contributed by atoms with Crippen molar-refractivity contribution >= 4 is 0 Å². The molecule has 0 saturated carbocycles. The number of aliphatic hydroxyl groups is 1. The Balaban J connectivity index is 2.56. The van der Waals surface area contributed by atoms with Crippen molar-refractivity contribution in [2.75, 3.05) is 6.61 Å². The molecule has 0 aromatic heterocycles. The molecule has 3 N–H and O–H groups in total. The quantitative estimate of drug-likeness (QED) is 0.721. The SMILES string of the molecule is CC(C)(O)Cc1ccc(CCON)cc1. The molecule has 0 spiro atoms. The standard InChI is InChI=1S/C12H19NO2/c1-12(2,14)9-11-5-3-10(4-6-11)7-8-15-13/h3-6,14H,7-9,13H2,1-2H3. The summed E-state index contributed by atoms with van der Waals surface area (Å²) in [7, 11) is 0. The predicted octanol–water partition coefficient (Wildman–Crippen LogP) is 1.43. The van der Waals surface area contributed by atoms with Crippen LogP contribution in [0, 0.1) is 0 Å². The molecule has 84 valence electrons. The molecule has 0 unspecified atom stereocenters. The molecular weight excluding hydrogens is 190 g/mol. The van der Waals surface area contributed by atoms with Gasteiger partial charge in [-0.15, -0.1) is 0 Å². The van der Waals surface area contributed by atoms with Crippen LogP contribution in [-0.2, 0) is 17.7 Å². The first-order valence-corrected chi connectivity index (χ1v) is 5.13. The fourth-order valence-electron chi connectivity index (χ4n) is 1.50. The molecule has 0 fully saturated rings. The summed E-state index contributed by atoms with van der Waals surface area (Å²) in [5, 5.41) is 9.65. The van der Waals surface area contributed by atoms with E-state index >= 15 is 0 Å². The second kappa shape index (κ2) is 5.26. The van der Waals surface area contributed by atoms with Crippen molar-refractivity contribution in [3.05, 3.63) is 35.4 Å². The third-order valence-electron chi connectivity index (χ3n) is 2.17. The van der Waals surface area contributed by atoms with E-state index in [0.29, 0.717) is 13.0 Å². The summed E-state index contributed by atoms with van der Waals surface area (Å²) in [6.07, 6.45) is 1.49. The maximum atomic E-state index is 9.65. The minimum atomic E-state index is -0.651. The van der Waals surface area contributed by atoms with Crippen molar-refractivity contribution in [1.29, 1.82) is 0 Å². The molecule has 0 saturated heterocycles. The number of rotatable bonds is 5. The highest BCUT2D eigenvalue weighted by atomic mass is 16.6. The summed E-state index contributed by atoms with van der Waals surface area (Å²) in [4.78, 5) is 4.52. The highest BCUT2D eigenvalue weighted by molar-refractivity contribution is 5.23. The van der Waals surface area contributed by atoms with Gasteiger partial charge in [0.2, 0.25) is 0 Å². The minimum Gasteiger partial charge on any atom is -0.390 e. The van der Waals surface area contributed by atoms with Crippen LogP contribution in [0.3, 0.4) is 0 Å². The summed E-state index contributed by atoms with van der Waals surface area (Å²) >= 11 is 0. The van der Waals surface area contributed by atoms with Crippen LogP contribution in [0.2, 0.25) is 0 Å². The van der Waals surface area contributed by atoms with Crippen molar-refractivity contribution in [2.24, 2.45) is 5.90 Å². The van der Waals surface area contributed by atoms with Crippen LogP contribution in [0.1, 0.15) is 25.0 Å². The Morgan fingerprint density at radius 3 is 2.20 bits per heavy atom. The van der Waals surface area contributed by atoms with Crippen molar-refractivity contribution < 1.29 is 9.94 Å². The number of nitrogens with two attached hydrogens (primary N) is 1. The van der Waals surface area contributed by atoms with Crippen LogP contribution in [0.5, 0.6) is 0 Å². The highest BCUT2D eigenvalue weighted by Crippen LogP contribution is 2.13. The maximum Gasteiger partial charge on any atom is 0.0719 e. The van der Waals surface area contributed by atoms with Crippen LogP contribution < -0.4 is 5.90 Å². The summed E-state index contributed by atoms with van der Waals surface area (Å²) < 4.78 is 0. The van der Waals surface area contributed by atoms with E-state index in [1.165, 1.54) is 5.56 Å². The smallest absolute Gasteiger partial charge is 0.0719 e. The number of hydrogen-bond donors (Lipinski definition) is 2. The fourth-order valence-corrected chi connectivity index (χ4v) is 1.50. The summed E-state index contributed by atoms with van der Waals surface area (Å²) in [6, 6.07) is 8.15. The number of hydrogen-bond acceptors (Lipinski definition) is 3. The molecule has 1 aromatic carbocycles. The Hall–Kier alpha value is -0.900. The molecule has 0 aliphatic rings. The lowest BCUT2D eigenvalue weighted by Crippen LogP contribution is -2.21. The van der Waals surface area contributed by atoms with Crippen molar-refractivity contribution in [2.45, 2.75) is 32.3 Å². The number of benzene rings is 1. The average molecular weight is 209 g/mol. The molecule has 0 aliphatic heterocycles. The summed E-state index contributed by atoms with van der Waals surface area (Å²) in [6.45, 7) is 4.15. The van der Waals surface area contributed by atoms with Crippen LogP contribution >= 0.6 is 0 Å². The van der Waals surface area contributed by atoms with Gasteiger partial charge in [0, 0.05) is 6.42 Å². The Kier molecular flexibility index (Phi) is 4.27. The lowest BCUT2D eigenvalue weighted by Gasteiger charge is -2.17. The molecule has 1 rings (SSSR count). The monoisotopic (exact) mass is 209 g/mol. The minimum absolute atomic E-state index is 0.533. The van der Waals surface area contributed by atoms with Gasteiger partial charge in [0.1, 0.15) is 0 Å². The third kappa shape index (κ3) is 4.93. The van der Waals surface area contributed by atoms with E-state index in [-0.39, 0.29) is 0 Å². The first-order valence-electron chi connectivity index (χ1n) is 5.13. The average Bonchev–Trinajstić information content (AvgIpc) is 2.14. The molecule has 3 heteroatoms. The van der Waals surface area contributed by atoms with Gasteiger partial charge in [0.05, 0.1) is 12.2 Å². The van der Waals surface area contributed by atoms with Crippen molar-refractivity contribution in [3.8, 4) is 0 Å². The van der Waals surface area contributed by atoms with Gasteiger partial charge in [-0.1, -0.05) is 24.3 Å². The van der Waals surface area contributed by atoms with Gasteiger partial charge in [-0.05, 0) is 31.4 Å². The molecule has 3 nitrogen and oxygen atoms in total. The van der Waals surface area contributed by atoms with Crippen LogP contribution in [-0.4, -0.2) is 17.3 Å². The first-order chi connectivity index (χ1) is 7.01. The van der Waals surface area contributed by atoms with Gasteiger partial charge in [0.25, 0.3) is 0 Å². The molecule has 0 heterocycles. The van der Waals surface area contributed by atoms with E-state index in [2.05, 4.69) is 4.84 Å². The zero-order valence-corrected chi connectivity index (χ0v) is 9.36. The van der Waals surface area contributed by atoms with Crippen LogP contribution in [0.4, 0.5) is 0 Å². The normalized spacial score (nSPS) is 11.7. The predicted molar refractivity (Wildman–Crippen MR) is 60.3 cm³/mol. The molecule has 15 heavy (non-hydrogen) atoms. The van der Waals surface area contributed by atoms with Crippen LogP contribution in [0.15, 0.2) is 24.3 Å². The van der Waals surface area contributed by atoms with E-state index in [0.717, 1.165) is 12.0 Å². The second-order valence-electron chi connectivity index (χ2n) is 4.43. The van der Waals surface area contributed by atoms with Crippen molar-refractivity contribution in [1.82, 2.24) is 0 Å². The van der Waals surface area contributed by atoms with Gasteiger partial charge in [0.15, 0.2) is 0 Å². The fraction of sp³-hybridized carbons (Fsp3) is 0.500. The highest BCUT2D eigenvalue weighted by Gasteiger charge is 2.12. The van der Waals surface area contributed by atoms with Crippen LogP contribution in [0.25, 0.3) is 0 Å². The molecule has 0 atom stereocenters. The Labute approximate surface area is 90.8 Å². The molecule has 0 aliphatic carbocycles. The van der Waals surface area contributed by atoms with E-state index in [1.54, 1.807) is 0 Å². The molecule has 0 amide bonds. The van der Waals surface area contributed by atoms with E-state index < -0.39 is 5.60 Å². The molecular formula is C12H19NO2. The van der Waals surface area contributed by atoms with E-state index in [1.807, 2.05) is 38.1 Å². The largest absolute Gasteiger partial charge is 0.390 e. The van der Waals surface area contributed by atoms with Gasteiger partial charge < -0.3 is 9.94 Å². The zero-order valence-electron chi connectivity index (χ0n) is 9.36. The maximum absolute atomic E-state index is 9.65.